The van der Waals surface area contributed by atoms with Crippen molar-refractivity contribution in [2.45, 2.75) is 37.8 Å². The number of hydrogen-bond acceptors (Lipinski definition) is 3. The third-order valence-electron chi connectivity index (χ3n) is 4.78. The molecule has 1 unspecified atom stereocenters. The minimum Gasteiger partial charge on any atom is -0.374 e. The maximum Gasteiger partial charge on any atom is 0.0826 e. The van der Waals surface area contributed by atoms with E-state index in [1.165, 1.54) is 18.4 Å². The van der Waals surface area contributed by atoms with E-state index in [0.717, 1.165) is 37.8 Å². The van der Waals surface area contributed by atoms with E-state index in [2.05, 4.69) is 29.3 Å². The molecule has 0 radical (unpaired) electrons. The molecule has 1 atom stereocenters. The van der Waals surface area contributed by atoms with Crippen LogP contribution in [0.2, 0.25) is 5.02 Å². The Morgan fingerprint density at radius 2 is 2.05 bits per heavy atom. The molecule has 1 saturated heterocycles. The van der Waals surface area contributed by atoms with Crippen LogP contribution in [0, 0.1) is 0 Å². The summed E-state index contributed by atoms with van der Waals surface area (Å²) in [6.45, 7) is 7.35. The summed E-state index contributed by atoms with van der Waals surface area (Å²) in [7, 11) is 0. The van der Waals surface area contributed by atoms with Crippen LogP contribution in [0.15, 0.2) is 24.3 Å². The largest absolute Gasteiger partial charge is 0.374 e. The molecule has 3 rings (SSSR count). The van der Waals surface area contributed by atoms with Crippen LogP contribution in [-0.2, 0) is 4.74 Å². The van der Waals surface area contributed by atoms with Gasteiger partial charge in [-0.1, -0.05) is 30.7 Å². The highest BCUT2D eigenvalue weighted by molar-refractivity contribution is 6.30. The van der Waals surface area contributed by atoms with Crippen molar-refractivity contribution in [1.29, 1.82) is 0 Å². The van der Waals surface area contributed by atoms with E-state index in [0.29, 0.717) is 18.1 Å². The van der Waals surface area contributed by atoms with E-state index in [-0.39, 0.29) is 0 Å². The van der Waals surface area contributed by atoms with E-state index in [9.17, 15) is 0 Å². The van der Waals surface area contributed by atoms with Crippen molar-refractivity contribution in [3.05, 3.63) is 34.9 Å². The van der Waals surface area contributed by atoms with E-state index >= 15 is 0 Å². The predicted molar refractivity (Wildman–Crippen MR) is 87.1 cm³/mol. The summed E-state index contributed by atoms with van der Waals surface area (Å²) >= 11 is 5.94. The summed E-state index contributed by atoms with van der Waals surface area (Å²) in [4.78, 5) is 2.47. The standard InChI is InChI=1S/C17H25ClN2O/c1-2-20-7-8-21-17(12-20)11-19-16-9-14(10-16)13-3-5-15(18)6-4-13/h3-6,14,16-17,19H,2,7-12H2,1H3. The highest BCUT2D eigenvalue weighted by Gasteiger charge is 2.30. The number of halogens is 1. The van der Waals surface area contributed by atoms with Gasteiger partial charge in [0.25, 0.3) is 0 Å². The fraction of sp³-hybridized carbons (Fsp3) is 0.647. The quantitative estimate of drug-likeness (QED) is 0.905. The lowest BCUT2D eigenvalue weighted by Gasteiger charge is -2.38. The predicted octanol–water partition coefficient (Wildman–Crippen LogP) is 2.90. The fourth-order valence-electron chi connectivity index (χ4n) is 3.28. The highest BCUT2D eigenvalue weighted by atomic mass is 35.5. The Bertz CT molecular complexity index is 445. The normalized spacial score (nSPS) is 30.1. The molecule has 0 amide bonds. The summed E-state index contributed by atoms with van der Waals surface area (Å²) in [6.07, 6.45) is 2.81. The van der Waals surface area contributed by atoms with E-state index in [1.54, 1.807) is 0 Å². The Labute approximate surface area is 132 Å². The molecule has 1 aliphatic carbocycles. The summed E-state index contributed by atoms with van der Waals surface area (Å²) in [5, 5.41) is 4.49. The Balaban J connectivity index is 1.38. The van der Waals surface area contributed by atoms with Crippen LogP contribution in [0.4, 0.5) is 0 Å². The van der Waals surface area contributed by atoms with Crippen LogP contribution < -0.4 is 5.32 Å². The summed E-state index contributed by atoms with van der Waals surface area (Å²) in [5.74, 6) is 0.694. The first-order chi connectivity index (χ1) is 10.2. The lowest BCUT2D eigenvalue weighted by Crippen LogP contribution is -2.50. The maximum atomic E-state index is 5.94. The monoisotopic (exact) mass is 308 g/mol. The number of likely N-dealkylation sites (N-methyl/N-ethyl adjacent to an activating group) is 1. The van der Waals surface area contributed by atoms with Gasteiger partial charge in [0.15, 0.2) is 0 Å². The molecule has 0 aromatic heterocycles. The fourth-order valence-corrected chi connectivity index (χ4v) is 3.41. The molecular weight excluding hydrogens is 284 g/mol. The topological polar surface area (TPSA) is 24.5 Å². The van der Waals surface area contributed by atoms with Gasteiger partial charge < -0.3 is 10.1 Å². The average Bonchev–Trinajstić information content (AvgIpc) is 2.47. The van der Waals surface area contributed by atoms with Crippen LogP contribution >= 0.6 is 11.6 Å². The van der Waals surface area contributed by atoms with Gasteiger partial charge in [-0.25, -0.2) is 0 Å². The molecule has 0 spiro atoms. The van der Waals surface area contributed by atoms with Crippen LogP contribution in [0.1, 0.15) is 31.2 Å². The number of nitrogens with zero attached hydrogens (tertiary/aromatic N) is 1. The van der Waals surface area contributed by atoms with Gasteiger partial charge in [0.2, 0.25) is 0 Å². The van der Waals surface area contributed by atoms with Crippen LogP contribution in [0.3, 0.4) is 0 Å². The third kappa shape index (κ3) is 3.98. The van der Waals surface area contributed by atoms with Crippen LogP contribution in [-0.4, -0.2) is 49.8 Å². The Morgan fingerprint density at radius 1 is 1.29 bits per heavy atom. The molecule has 1 aliphatic heterocycles. The molecule has 1 saturated carbocycles. The van der Waals surface area contributed by atoms with E-state index in [4.69, 9.17) is 16.3 Å². The number of ether oxygens (including phenoxy) is 1. The van der Waals surface area contributed by atoms with Crippen molar-refractivity contribution in [3.63, 3.8) is 0 Å². The van der Waals surface area contributed by atoms with E-state index < -0.39 is 0 Å². The molecule has 2 aliphatic rings. The molecule has 0 bridgehead atoms. The van der Waals surface area contributed by atoms with Gasteiger partial charge >= 0.3 is 0 Å². The van der Waals surface area contributed by atoms with Crippen molar-refractivity contribution >= 4 is 11.6 Å². The molecule has 3 nitrogen and oxygen atoms in total. The second-order valence-corrected chi connectivity index (χ2v) is 6.65. The van der Waals surface area contributed by atoms with Gasteiger partial charge in [-0.3, -0.25) is 4.90 Å². The van der Waals surface area contributed by atoms with Gasteiger partial charge in [0, 0.05) is 30.7 Å². The minimum atomic E-state index is 0.355. The Morgan fingerprint density at radius 3 is 2.76 bits per heavy atom. The van der Waals surface area contributed by atoms with E-state index in [1.807, 2.05) is 12.1 Å². The van der Waals surface area contributed by atoms with Crippen LogP contribution in [0.25, 0.3) is 0 Å². The lowest BCUT2D eigenvalue weighted by molar-refractivity contribution is -0.0276. The number of nitrogens with one attached hydrogen (secondary N) is 1. The van der Waals surface area contributed by atoms with Crippen molar-refractivity contribution in [1.82, 2.24) is 10.2 Å². The smallest absolute Gasteiger partial charge is 0.0826 e. The first-order valence-electron chi connectivity index (χ1n) is 8.07. The number of benzene rings is 1. The Kier molecular flexibility index (Phi) is 5.17. The van der Waals surface area contributed by atoms with Gasteiger partial charge in [-0.15, -0.1) is 0 Å². The van der Waals surface area contributed by atoms with Crippen molar-refractivity contribution in [2.24, 2.45) is 0 Å². The SMILES string of the molecule is CCN1CCOC(CNC2CC(c3ccc(Cl)cc3)C2)C1. The summed E-state index contributed by atoms with van der Waals surface area (Å²) in [6, 6.07) is 8.95. The summed E-state index contributed by atoms with van der Waals surface area (Å²) < 4.78 is 5.83. The molecular formula is C17H25ClN2O. The number of hydrogen-bond donors (Lipinski definition) is 1. The number of rotatable bonds is 5. The molecule has 2 fully saturated rings. The minimum absolute atomic E-state index is 0.355. The molecule has 116 valence electrons. The van der Waals surface area contributed by atoms with Crippen molar-refractivity contribution < 1.29 is 4.74 Å². The van der Waals surface area contributed by atoms with Gasteiger partial charge in [-0.05, 0) is 43.0 Å². The van der Waals surface area contributed by atoms with Crippen molar-refractivity contribution in [3.8, 4) is 0 Å². The maximum absolute atomic E-state index is 5.94. The van der Waals surface area contributed by atoms with Crippen molar-refractivity contribution in [2.75, 3.05) is 32.8 Å². The zero-order valence-corrected chi connectivity index (χ0v) is 13.5. The first-order valence-corrected chi connectivity index (χ1v) is 8.45. The average molecular weight is 309 g/mol. The highest BCUT2D eigenvalue weighted by Crippen LogP contribution is 2.37. The van der Waals surface area contributed by atoms with Gasteiger partial charge in [-0.2, -0.15) is 0 Å². The molecule has 1 aromatic carbocycles. The zero-order valence-electron chi connectivity index (χ0n) is 12.7. The van der Waals surface area contributed by atoms with Crippen LogP contribution in [0.5, 0.6) is 0 Å². The molecule has 21 heavy (non-hydrogen) atoms. The molecule has 1 N–H and O–H groups in total. The second kappa shape index (κ2) is 7.10. The first kappa shape index (κ1) is 15.3. The number of morpholine rings is 1. The summed E-state index contributed by atoms with van der Waals surface area (Å²) in [5.41, 5.74) is 1.42. The molecule has 1 aromatic rings. The second-order valence-electron chi connectivity index (χ2n) is 6.21. The van der Waals surface area contributed by atoms with Gasteiger partial charge in [0.05, 0.1) is 12.7 Å². The molecule has 4 heteroatoms. The molecule has 1 heterocycles. The Hall–Kier alpha value is -0.610. The lowest BCUT2D eigenvalue weighted by atomic mass is 9.76. The third-order valence-corrected chi connectivity index (χ3v) is 5.04. The zero-order chi connectivity index (χ0) is 14.7. The van der Waals surface area contributed by atoms with Gasteiger partial charge in [0.1, 0.15) is 0 Å².